The molecule has 3 rings (SSSR count). The van der Waals surface area contributed by atoms with Crippen molar-refractivity contribution in [1.29, 1.82) is 0 Å². The van der Waals surface area contributed by atoms with Gasteiger partial charge in [0.2, 0.25) is 6.86 Å². The molecule has 1 aliphatic heterocycles. The molecular weight excluding hydrogens is 297 g/mol. The van der Waals surface area contributed by atoms with Crippen molar-refractivity contribution in [3.05, 3.63) is 60.2 Å². The molecule has 1 heterocycles. The van der Waals surface area contributed by atoms with Gasteiger partial charge in [0.25, 0.3) is 0 Å². The maximum absolute atomic E-state index is 12.6. The Kier molecular flexibility index (Phi) is 5.45. The minimum atomic E-state index is -0.891. The first-order valence-electron chi connectivity index (χ1n) is 7.70. The van der Waals surface area contributed by atoms with Crippen molar-refractivity contribution in [2.24, 2.45) is 0 Å². The van der Waals surface area contributed by atoms with Crippen molar-refractivity contribution in [3.8, 4) is 11.5 Å². The van der Waals surface area contributed by atoms with Gasteiger partial charge in [-0.1, -0.05) is 42.5 Å². The Morgan fingerprint density at radius 1 is 1.09 bits per heavy atom. The fraction of sp³-hybridized carbons (Fsp3) is 0.333. The maximum atomic E-state index is 12.6. The molecule has 0 saturated carbocycles. The summed E-state index contributed by atoms with van der Waals surface area (Å²) in [6.45, 7) is 1.28. The number of halogens is 1. The van der Waals surface area contributed by atoms with Crippen LogP contribution in [-0.2, 0) is 4.74 Å². The number of para-hydroxylation sites is 2. The van der Waals surface area contributed by atoms with Gasteiger partial charge >= 0.3 is 0 Å². The normalized spacial score (nSPS) is 19.1. The van der Waals surface area contributed by atoms with Crippen LogP contribution in [0.25, 0.3) is 0 Å². The van der Waals surface area contributed by atoms with E-state index in [1.807, 2.05) is 36.4 Å². The Morgan fingerprint density at radius 2 is 1.83 bits per heavy atom. The second kappa shape index (κ2) is 7.94. The van der Waals surface area contributed by atoms with Gasteiger partial charge in [-0.2, -0.15) is 0 Å². The molecule has 0 amide bonds. The van der Waals surface area contributed by atoms with Crippen LogP contribution in [0, 0.1) is 0 Å². The molecule has 1 fully saturated rings. The Morgan fingerprint density at radius 3 is 2.52 bits per heavy atom. The predicted molar refractivity (Wildman–Crippen MR) is 85.5 cm³/mol. The number of ether oxygens (including phenoxy) is 3. The molecule has 0 bridgehead atoms. The number of benzene rings is 2. The van der Waals surface area contributed by atoms with Crippen molar-refractivity contribution < 1.29 is 18.6 Å². The van der Waals surface area contributed by atoms with Gasteiger partial charge in [0.05, 0.1) is 6.61 Å². The number of alkyl halides is 1. The van der Waals surface area contributed by atoms with Gasteiger partial charge in [-0.3, -0.25) is 0 Å². The molecule has 1 saturated heterocycles. The molecule has 2 atom stereocenters. The molecule has 0 spiro atoms. The van der Waals surface area contributed by atoms with Crippen LogP contribution in [0.4, 0.5) is 4.39 Å². The van der Waals surface area contributed by atoms with Crippen molar-refractivity contribution in [1.82, 2.24) is 5.32 Å². The zero-order chi connectivity index (χ0) is 15.9. The van der Waals surface area contributed by atoms with Gasteiger partial charge in [-0.05, 0) is 17.7 Å². The second-order valence-corrected chi connectivity index (χ2v) is 5.26. The predicted octanol–water partition coefficient (Wildman–Crippen LogP) is 3.10. The third-order valence-electron chi connectivity index (χ3n) is 3.74. The van der Waals surface area contributed by atoms with Gasteiger partial charge in [0, 0.05) is 13.1 Å². The largest absolute Gasteiger partial charge is 0.479 e. The lowest BCUT2D eigenvalue weighted by Gasteiger charge is -2.32. The summed E-state index contributed by atoms with van der Waals surface area (Å²) in [5.74, 6) is 0.896. The lowest BCUT2D eigenvalue weighted by atomic mass is 10.0. The van der Waals surface area contributed by atoms with Gasteiger partial charge < -0.3 is 19.5 Å². The lowest BCUT2D eigenvalue weighted by Crippen LogP contribution is -2.43. The van der Waals surface area contributed by atoms with E-state index in [1.165, 1.54) is 0 Å². The van der Waals surface area contributed by atoms with Crippen molar-refractivity contribution in [3.63, 3.8) is 0 Å². The van der Waals surface area contributed by atoms with Crippen LogP contribution >= 0.6 is 0 Å². The van der Waals surface area contributed by atoms with E-state index >= 15 is 0 Å². The van der Waals surface area contributed by atoms with Gasteiger partial charge in [-0.25, -0.2) is 4.39 Å². The summed E-state index contributed by atoms with van der Waals surface area (Å²) in [7, 11) is 0. The van der Waals surface area contributed by atoms with Crippen LogP contribution in [0.5, 0.6) is 11.5 Å². The number of nitrogens with one attached hydrogen (secondary N) is 1. The minimum Gasteiger partial charge on any atom is -0.479 e. The van der Waals surface area contributed by atoms with Crippen LogP contribution in [0.15, 0.2) is 54.6 Å². The molecule has 2 aromatic rings. The fourth-order valence-electron chi connectivity index (χ4n) is 2.64. The topological polar surface area (TPSA) is 39.7 Å². The van der Waals surface area contributed by atoms with Crippen LogP contribution in [-0.4, -0.2) is 32.7 Å². The third-order valence-corrected chi connectivity index (χ3v) is 3.74. The first kappa shape index (κ1) is 15.8. The summed E-state index contributed by atoms with van der Waals surface area (Å²) in [6, 6.07) is 17.0. The zero-order valence-electron chi connectivity index (χ0n) is 12.8. The van der Waals surface area contributed by atoms with Crippen LogP contribution in [0.2, 0.25) is 0 Å². The van der Waals surface area contributed by atoms with Gasteiger partial charge in [0.1, 0.15) is 6.10 Å². The van der Waals surface area contributed by atoms with E-state index in [-0.39, 0.29) is 12.2 Å². The van der Waals surface area contributed by atoms with Crippen LogP contribution in [0.1, 0.15) is 11.7 Å². The summed E-state index contributed by atoms with van der Waals surface area (Å²) in [4.78, 5) is 0. The van der Waals surface area contributed by atoms with E-state index in [0.29, 0.717) is 24.7 Å². The molecule has 5 heteroatoms. The Hall–Kier alpha value is -2.11. The van der Waals surface area contributed by atoms with E-state index in [0.717, 1.165) is 12.1 Å². The SMILES string of the molecule is FCOc1ccccc1OC(c1ccccc1)C1CNCCO1. The van der Waals surface area contributed by atoms with Gasteiger partial charge in [-0.15, -0.1) is 0 Å². The monoisotopic (exact) mass is 317 g/mol. The number of morpholine rings is 1. The van der Waals surface area contributed by atoms with E-state index in [1.54, 1.807) is 18.2 Å². The molecule has 4 nitrogen and oxygen atoms in total. The summed E-state index contributed by atoms with van der Waals surface area (Å²) in [5, 5.41) is 3.31. The van der Waals surface area contributed by atoms with Crippen LogP contribution < -0.4 is 14.8 Å². The van der Waals surface area contributed by atoms with E-state index < -0.39 is 6.86 Å². The molecule has 2 unspecified atom stereocenters. The van der Waals surface area contributed by atoms with Crippen LogP contribution in [0.3, 0.4) is 0 Å². The standard InChI is InChI=1S/C18H20FNO3/c19-13-22-15-8-4-5-9-16(15)23-18(14-6-2-1-3-7-14)17-12-20-10-11-21-17/h1-9,17-18,20H,10-13H2. The Balaban J connectivity index is 1.86. The highest BCUT2D eigenvalue weighted by atomic mass is 19.1. The van der Waals surface area contributed by atoms with Crippen molar-refractivity contribution >= 4 is 0 Å². The fourth-order valence-corrected chi connectivity index (χ4v) is 2.64. The summed E-state index contributed by atoms with van der Waals surface area (Å²) < 4.78 is 29.6. The lowest BCUT2D eigenvalue weighted by molar-refractivity contribution is -0.0441. The highest BCUT2D eigenvalue weighted by Crippen LogP contribution is 2.33. The molecule has 2 aromatic carbocycles. The molecule has 0 aliphatic carbocycles. The Labute approximate surface area is 135 Å². The summed E-state index contributed by atoms with van der Waals surface area (Å²) >= 11 is 0. The molecule has 122 valence electrons. The third kappa shape index (κ3) is 4.00. The second-order valence-electron chi connectivity index (χ2n) is 5.26. The highest BCUT2D eigenvalue weighted by molar-refractivity contribution is 5.40. The first-order valence-corrected chi connectivity index (χ1v) is 7.70. The number of hydrogen-bond acceptors (Lipinski definition) is 4. The Bertz CT molecular complexity index is 602. The molecule has 0 aromatic heterocycles. The number of hydrogen-bond donors (Lipinski definition) is 1. The molecule has 1 N–H and O–H groups in total. The summed E-state index contributed by atoms with van der Waals surface area (Å²) in [5.41, 5.74) is 1.01. The average Bonchev–Trinajstić information content (AvgIpc) is 2.63. The highest BCUT2D eigenvalue weighted by Gasteiger charge is 2.28. The average molecular weight is 317 g/mol. The maximum Gasteiger partial charge on any atom is 0.228 e. The van der Waals surface area contributed by atoms with Crippen molar-refractivity contribution in [2.75, 3.05) is 26.6 Å². The molecular formula is C18H20FNO3. The van der Waals surface area contributed by atoms with Gasteiger partial charge in [0.15, 0.2) is 17.6 Å². The minimum absolute atomic E-state index is 0.121. The molecule has 23 heavy (non-hydrogen) atoms. The quantitative estimate of drug-likeness (QED) is 0.889. The molecule has 0 radical (unpaired) electrons. The summed E-state index contributed by atoms with van der Waals surface area (Å²) in [6.07, 6.45) is -0.419. The van der Waals surface area contributed by atoms with E-state index in [2.05, 4.69) is 5.32 Å². The molecule has 1 aliphatic rings. The first-order chi connectivity index (χ1) is 11.4. The van der Waals surface area contributed by atoms with E-state index in [4.69, 9.17) is 14.2 Å². The van der Waals surface area contributed by atoms with Crippen molar-refractivity contribution in [2.45, 2.75) is 12.2 Å². The zero-order valence-corrected chi connectivity index (χ0v) is 12.8. The number of rotatable bonds is 6. The van der Waals surface area contributed by atoms with E-state index in [9.17, 15) is 4.39 Å². The smallest absolute Gasteiger partial charge is 0.228 e.